The Morgan fingerprint density at radius 2 is 2.19 bits per heavy atom. The van der Waals surface area contributed by atoms with Crippen molar-refractivity contribution in [3.63, 3.8) is 0 Å². The lowest BCUT2D eigenvalue weighted by Gasteiger charge is -2.32. The monoisotopic (exact) mass is 366 g/mol. The summed E-state index contributed by atoms with van der Waals surface area (Å²) in [4.78, 5) is 11.5. The average molecular weight is 367 g/mol. The van der Waals surface area contributed by atoms with Gasteiger partial charge in [-0.25, -0.2) is 4.98 Å². The zero-order valence-corrected chi connectivity index (χ0v) is 15.0. The minimum Gasteiger partial charge on any atom is -0.341 e. The number of aromatic nitrogens is 3. The molecule has 3 aromatic rings. The molecule has 0 spiro atoms. The molecule has 132 valence electrons. The van der Waals surface area contributed by atoms with Crippen molar-refractivity contribution in [2.75, 3.05) is 18.0 Å². The van der Waals surface area contributed by atoms with Crippen molar-refractivity contribution < 1.29 is 0 Å². The summed E-state index contributed by atoms with van der Waals surface area (Å²) in [6.07, 6.45) is 3.70. The van der Waals surface area contributed by atoms with Gasteiger partial charge in [-0.05, 0) is 43.2 Å². The van der Waals surface area contributed by atoms with Gasteiger partial charge in [-0.1, -0.05) is 11.6 Å². The molecular formula is C19H19ClN6. The second-order valence-corrected chi connectivity index (χ2v) is 7.07. The molecule has 26 heavy (non-hydrogen) atoms. The predicted octanol–water partition coefficient (Wildman–Crippen LogP) is 2.93. The minimum absolute atomic E-state index is 0.161. The first-order valence-corrected chi connectivity index (χ1v) is 9.03. The summed E-state index contributed by atoms with van der Waals surface area (Å²) < 4.78 is 2.15. The van der Waals surface area contributed by atoms with E-state index in [1.807, 2.05) is 24.3 Å². The van der Waals surface area contributed by atoms with Crippen LogP contribution in [0.2, 0.25) is 5.02 Å². The highest BCUT2D eigenvalue weighted by Crippen LogP contribution is 2.27. The van der Waals surface area contributed by atoms with Crippen molar-refractivity contribution in [2.24, 2.45) is 5.73 Å². The lowest BCUT2D eigenvalue weighted by molar-refractivity contribution is 0.495. The van der Waals surface area contributed by atoms with E-state index in [4.69, 9.17) is 27.6 Å². The van der Waals surface area contributed by atoms with Crippen LogP contribution in [0.1, 0.15) is 24.1 Å². The van der Waals surface area contributed by atoms with Crippen molar-refractivity contribution in [2.45, 2.75) is 25.4 Å². The van der Waals surface area contributed by atoms with Crippen LogP contribution in [0.5, 0.6) is 0 Å². The third-order valence-electron chi connectivity index (χ3n) is 4.70. The smallest absolute Gasteiger partial charge is 0.206 e. The van der Waals surface area contributed by atoms with Crippen molar-refractivity contribution >= 4 is 28.6 Å². The van der Waals surface area contributed by atoms with Gasteiger partial charge in [0.25, 0.3) is 0 Å². The third kappa shape index (κ3) is 3.24. The van der Waals surface area contributed by atoms with Crippen molar-refractivity contribution in [1.29, 1.82) is 5.26 Å². The predicted molar refractivity (Wildman–Crippen MR) is 102 cm³/mol. The highest BCUT2D eigenvalue weighted by Gasteiger charge is 2.23. The molecule has 0 radical (unpaired) electrons. The number of hydrogen-bond acceptors (Lipinski definition) is 5. The molecule has 1 unspecified atom stereocenters. The van der Waals surface area contributed by atoms with Gasteiger partial charge < -0.3 is 15.2 Å². The summed E-state index contributed by atoms with van der Waals surface area (Å²) in [5, 5.41) is 9.62. The average Bonchev–Trinajstić information content (AvgIpc) is 3.00. The maximum atomic E-state index is 8.96. The Labute approximate surface area is 156 Å². The highest BCUT2D eigenvalue weighted by atomic mass is 35.5. The number of pyridine rings is 1. The summed E-state index contributed by atoms with van der Waals surface area (Å²) in [6, 6.07) is 11.7. The Hall–Kier alpha value is -2.62. The van der Waals surface area contributed by atoms with Gasteiger partial charge in [-0.2, -0.15) is 5.26 Å². The number of nitrogens with two attached hydrogens (primary N) is 1. The SMILES string of the molecule is N#Cc1ccc(Cn2c(N3CCCC(N)C3)nc3cc(Cl)ccc32)nc1. The fraction of sp³-hybridized carbons (Fsp3) is 0.316. The Morgan fingerprint density at radius 1 is 1.31 bits per heavy atom. The van der Waals surface area contributed by atoms with E-state index >= 15 is 0 Å². The maximum Gasteiger partial charge on any atom is 0.206 e. The number of nitriles is 1. The summed E-state index contributed by atoms with van der Waals surface area (Å²) in [5.74, 6) is 0.892. The molecule has 0 amide bonds. The molecule has 0 saturated carbocycles. The number of halogens is 1. The molecular weight excluding hydrogens is 348 g/mol. The van der Waals surface area contributed by atoms with E-state index in [0.29, 0.717) is 17.1 Å². The first-order valence-electron chi connectivity index (χ1n) is 8.65. The van der Waals surface area contributed by atoms with Crippen LogP contribution in [-0.2, 0) is 6.54 Å². The molecule has 7 heteroatoms. The quantitative estimate of drug-likeness (QED) is 0.770. The fourth-order valence-corrected chi connectivity index (χ4v) is 3.59. The van der Waals surface area contributed by atoms with E-state index < -0.39 is 0 Å². The van der Waals surface area contributed by atoms with Crippen LogP contribution in [-0.4, -0.2) is 33.7 Å². The number of piperidine rings is 1. The molecule has 6 nitrogen and oxygen atoms in total. The van der Waals surface area contributed by atoms with Crippen molar-refractivity contribution in [3.05, 3.63) is 52.8 Å². The molecule has 2 N–H and O–H groups in total. The third-order valence-corrected chi connectivity index (χ3v) is 4.94. The first-order chi connectivity index (χ1) is 12.6. The number of anilines is 1. The van der Waals surface area contributed by atoms with E-state index in [1.165, 1.54) is 0 Å². The summed E-state index contributed by atoms with van der Waals surface area (Å²) >= 11 is 6.16. The number of rotatable bonds is 3. The highest BCUT2D eigenvalue weighted by molar-refractivity contribution is 6.31. The topological polar surface area (TPSA) is 83.8 Å². The van der Waals surface area contributed by atoms with Gasteiger partial charge in [0.05, 0.1) is 28.8 Å². The maximum absolute atomic E-state index is 8.96. The number of nitrogens with zero attached hydrogens (tertiary/aromatic N) is 5. The van der Waals surface area contributed by atoms with Gasteiger partial charge in [0, 0.05) is 30.4 Å². The van der Waals surface area contributed by atoms with Gasteiger partial charge in [0.15, 0.2) is 0 Å². The fourth-order valence-electron chi connectivity index (χ4n) is 3.43. The number of benzene rings is 1. The summed E-state index contributed by atoms with van der Waals surface area (Å²) in [6.45, 7) is 2.30. The van der Waals surface area contributed by atoms with Gasteiger partial charge in [0.1, 0.15) is 6.07 Å². The van der Waals surface area contributed by atoms with Crippen LogP contribution in [0, 0.1) is 11.3 Å². The zero-order valence-electron chi connectivity index (χ0n) is 14.3. The van der Waals surface area contributed by atoms with Gasteiger partial charge in [0.2, 0.25) is 5.95 Å². The Bertz CT molecular complexity index is 972. The molecule has 1 atom stereocenters. The van der Waals surface area contributed by atoms with Crippen LogP contribution in [0.15, 0.2) is 36.5 Å². The second-order valence-electron chi connectivity index (χ2n) is 6.63. The van der Waals surface area contributed by atoms with Crippen molar-refractivity contribution in [3.8, 4) is 6.07 Å². The summed E-state index contributed by atoms with van der Waals surface area (Å²) in [7, 11) is 0. The van der Waals surface area contributed by atoms with Crippen molar-refractivity contribution in [1.82, 2.24) is 14.5 Å². The molecule has 1 aliphatic heterocycles. The second kappa shape index (κ2) is 6.94. The van der Waals surface area contributed by atoms with E-state index in [0.717, 1.165) is 48.6 Å². The van der Waals surface area contributed by atoms with Gasteiger partial charge >= 0.3 is 0 Å². The molecule has 1 saturated heterocycles. The molecule has 3 heterocycles. The summed E-state index contributed by atoms with van der Waals surface area (Å²) in [5.41, 5.74) is 9.47. The van der Waals surface area contributed by atoms with Crippen LogP contribution >= 0.6 is 11.6 Å². The van der Waals surface area contributed by atoms with E-state index in [2.05, 4.69) is 20.5 Å². The molecule has 2 aromatic heterocycles. The Kier molecular flexibility index (Phi) is 4.49. The molecule has 4 rings (SSSR count). The largest absolute Gasteiger partial charge is 0.341 e. The van der Waals surface area contributed by atoms with Crippen LogP contribution in [0.3, 0.4) is 0 Å². The first kappa shape index (κ1) is 16.8. The van der Waals surface area contributed by atoms with Crippen LogP contribution < -0.4 is 10.6 Å². The number of hydrogen-bond donors (Lipinski definition) is 1. The van der Waals surface area contributed by atoms with Gasteiger partial charge in [-0.3, -0.25) is 4.98 Å². The lowest BCUT2D eigenvalue weighted by Crippen LogP contribution is -2.44. The van der Waals surface area contributed by atoms with Gasteiger partial charge in [-0.15, -0.1) is 0 Å². The molecule has 1 aliphatic rings. The minimum atomic E-state index is 0.161. The molecule has 0 bridgehead atoms. The van der Waals surface area contributed by atoms with Crippen LogP contribution in [0.4, 0.5) is 5.95 Å². The molecule has 1 fully saturated rings. The molecule has 1 aromatic carbocycles. The van der Waals surface area contributed by atoms with E-state index in [-0.39, 0.29) is 6.04 Å². The lowest BCUT2D eigenvalue weighted by atomic mass is 10.1. The number of imidazole rings is 1. The van der Waals surface area contributed by atoms with E-state index in [9.17, 15) is 0 Å². The molecule has 0 aliphatic carbocycles. The zero-order chi connectivity index (χ0) is 18.1. The number of fused-ring (bicyclic) bond motifs is 1. The van der Waals surface area contributed by atoms with Crippen LogP contribution in [0.25, 0.3) is 11.0 Å². The Balaban J connectivity index is 1.77. The van der Waals surface area contributed by atoms with E-state index in [1.54, 1.807) is 12.3 Å². The standard InChI is InChI=1S/C19H19ClN6/c20-14-4-6-18-17(8-14)24-19(25-7-1-2-15(22)11-25)26(18)12-16-5-3-13(9-21)10-23-16/h3-6,8,10,15H,1-2,7,11-12,22H2. The Morgan fingerprint density at radius 3 is 2.92 bits per heavy atom. The normalized spacial score (nSPS) is 17.4.